The second kappa shape index (κ2) is 8.46. The zero-order valence-corrected chi connectivity index (χ0v) is 20.3. The fourth-order valence-electron chi connectivity index (χ4n) is 5.23. The molecular weight excluding hydrogens is 476 g/mol. The number of benzene rings is 3. The number of nitrogens with one attached hydrogen (secondary N) is 2. The molecule has 0 spiro atoms. The zero-order chi connectivity index (χ0) is 25.0. The lowest BCUT2D eigenvalue weighted by Gasteiger charge is -2.29. The van der Waals surface area contributed by atoms with E-state index in [-0.39, 0.29) is 35.5 Å². The van der Waals surface area contributed by atoms with E-state index < -0.39 is 9.84 Å². The van der Waals surface area contributed by atoms with Crippen LogP contribution in [0.25, 0.3) is 0 Å². The summed E-state index contributed by atoms with van der Waals surface area (Å²) in [7, 11) is -2.94. The number of amidine groups is 1. The van der Waals surface area contributed by atoms with Crippen LogP contribution in [0, 0.1) is 5.41 Å². The first-order chi connectivity index (χ1) is 17.3. The molecule has 0 radical (unpaired) electrons. The quantitative estimate of drug-likeness (QED) is 0.364. The number of nitrogen functional groups attached to an aromatic ring is 1. The van der Waals surface area contributed by atoms with Crippen molar-refractivity contribution in [3.8, 4) is 0 Å². The number of amides is 1. The first-order valence-corrected chi connectivity index (χ1v) is 13.7. The highest BCUT2D eigenvalue weighted by Crippen LogP contribution is 2.54. The summed E-state index contributed by atoms with van der Waals surface area (Å²) in [5, 5.41) is 10.4. The average molecular weight is 503 g/mol. The van der Waals surface area contributed by atoms with Crippen LogP contribution < -0.4 is 16.0 Å². The topological polar surface area (TPSA) is 126 Å². The van der Waals surface area contributed by atoms with Crippen molar-refractivity contribution in [2.45, 2.75) is 18.8 Å². The van der Waals surface area contributed by atoms with Crippen LogP contribution in [0.5, 0.6) is 0 Å². The van der Waals surface area contributed by atoms with Gasteiger partial charge in [-0.15, -0.1) is 0 Å². The van der Waals surface area contributed by atoms with Gasteiger partial charge >= 0.3 is 0 Å². The summed E-state index contributed by atoms with van der Waals surface area (Å²) >= 11 is 0. The molecule has 4 N–H and O–H groups in total. The number of carbonyl (C=O) groups is 1. The second-order valence-corrected chi connectivity index (χ2v) is 11.8. The van der Waals surface area contributed by atoms with Crippen LogP contribution in [-0.2, 0) is 21.1 Å². The van der Waals surface area contributed by atoms with E-state index in [2.05, 4.69) is 22.3 Å². The van der Waals surface area contributed by atoms with Gasteiger partial charge in [0.15, 0.2) is 9.84 Å². The number of ether oxygens (including phenoxy) is 1. The third kappa shape index (κ3) is 3.94. The van der Waals surface area contributed by atoms with Gasteiger partial charge in [0.2, 0.25) is 0 Å². The number of nitrogens with zero attached hydrogens (tertiary/aromatic N) is 1. The normalized spacial score (nSPS) is 21.1. The standard InChI is InChI=1S/C27H26N4O4S/c28-26(29)17-3-1-16(2-4-17)15-30-27(32)18-5-7-20-22(13-18)25-23-14-19(6-8-21(23)24(20)35-25)31-9-11-36(33,34)12-10-31/h1-8,13-14,24-25H,9-12,15H2,(H3,28,29)(H,30,32). The fraction of sp³-hybridized carbons (Fsp3) is 0.259. The lowest BCUT2D eigenvalue weighted by atomic mass is 9.85. The van der Waals surface area contributed by atoms with E-state index in [0.717, 1.165) is 33.5 Å². The van der Waals surface area contributed by atoms with Gasteiger partial charge in [-0.25, -0.2) is 8.42 Å². The SMILES string of the molecule is N=C(N)c1ccc(CNC(=O)c2ccc3c(c2)C2OC3c3ccc(N4CCS(=O)(=O)CC4)cc32)cc1. The van der Waals surface area contributed by atoms with Crippen LogP contribution in [0.2, 0.25) is 0 Å². The highest BCUT2D eigenvalue weighted by Gasteiger charge is 2.43. The molecule has 184 valence electrons. The van der Waals surface area contributed by atoms with Crippen molar-refractivity contribution >= 4 is 27.3 Å². The number of carbonyl (C=O) groups excluding carboxylic acids is 1. The van der Waals surface area contributed by atoms with Gasteiger partial charge in [-0.2, -0.15) is 0 Å². The van der Waals surface area contributed by atoms with Crippen LogP contribution in [0.3, 0.4) is 0 Å². The van der Waals surface area contributed by atoms with Gasteiger partial charge in [0.25, 0.3) is 5.91 Å². The molecule has 1 fully saturated rings. The number of fused-ring (bicyclic) bond motifs is 8. The summed E-state index contributed by atoms with van der Waals surface area (Å²) in [6, 6.07) is 19.2. The number of hydrogen-bond donors (Lipinski definition) is 3. The molecule has 0 aromatic heterocycles. The molecule has 0 saturated carbocycles. The summed E-state index contributed by atoms with van der Waals surface area (Å²) in [5.41, 5.74) is 12.9. The zero-order valence-electron chi connectivity index (χ0n) is 19.5. The Labute approximate surface area is 209 Å². The Morgan fingerprint density at radius 2 is 1.53 bits per heavy atom. The first-order valence-electron chi connectivity index (χ1n) is 11.9. The highest BCUT2D eigenvalue weighted by molar-refractivity contribution is 7.91. The van der Waals surface area contributed by atoms with E-state index in [1.54, 1.807) is 12.1 Å². The number of anilines is 1. The van der Waals surface area contributed by atoms with Gasteiger partial charge < -0.3 is 20.7 Å². The van der Waals surface area contributed by atoms with Crippen molar-refractivity contribution in [1.82, 2.24) is 5.32 Å². The minimum absolute atomic E-state index is 0.0119. The number of hydrogen-bond acceptors (Lipinski definition) is 6. The monoisotopic (exact) mass is 502 g/mol. The van der Waals surface area contributed by atoms with Gasteiger partial charge in [0, 0.05) is 36.4 Å². The molecule has 2 bridgehead atoms. The Morgan fingerprint density at radius 1 is 0.917 bits per heavy atom. The van der Waals surface area contributed by atoms with E-state index in [9.17, 15) is 13.2 Å². The molecule has 6 rings (SSSR count). The van der Waals surface area contributed by atoms with Crippen molar-refractivity contribution in [2.24, 2.45) is 5.73 Å². The number of sulfone groups is 1. The molecule has 1 amide bonds. The van der Waals surface area contributed by atoms with Gasteiger partial charge in [0.1, 0.15) is 18.0 Å². The van der Waals surface area contributed by atoms with Crippen molar-refractivity contribution in [3.05, 3.63) is 99.6 Å². The number of rotatable bonds is 5. The van der Waals surface area contributed by atoms with Crippen LogP contribution in [0.1, 0.15) is 55.9 Å². The lowest BCUT2D eigenvalue weighted by molar-refractivity contribution is 0.0857. The van der Waals surface area contributed by atoms with E-state index in [1.165, 1.54) is 0 Å². The summed E-state index contributed by atoms with van der Waals surface area (Å²) in [4.78, 5) is 15.0. The number of nitrogens with two attached hydrogens (primary N) is 1. The summed E-state index contributed by atoms with van der Waals surface area (Å²) < 4.78 is 29.9. The molecule has 2 atom stereocenters. The van der Waals surface area contributed by atoms with Crippen LogP contribution in [0.4, 0.5) is 5.69 Å². The Bertz CT molecular complexity index is 1490. The molecule has 3 aromatic carbocycles. The fourth-order valence-corrected chi connectivity index (χ4v) is 6.43. The smallest absolute Gasteiger partial charge is 0.251 e. The van der Waals surface area contributed by atoms with Crippen molar-refractivity contribution < 1.29 is 17.9 Å². The lowest BCUT2D eigenvalue weighted by Crippen LogP contribution is -2.40. The van der Waals surface area contributed by atoms with Gasteiger partial charge in [0.05, 0.1) is 11.5 Å². The van der Waals surface area contributed by atoms with Gasteiger partial charge in [-0.3, -0.25) is 10.2 Å². The molecule has 3 aliphatic rings. The largest absolute Gasteiger partial charge is 0.384 e. The van der Waals surface area contributed by atoms with Crippen LogP contribution >= 0.6 is 0 Å². The second-order valence-electron chi connectivity index (χ2n) is 9.49. The minimum Gasteiger partial charge on any atom is -0.384 e. The van der Waals surface area contributed by atoms with Crippen molar-refractivity contribution in [3.63, 3.8) is 0 Å². The molecular formula is C27H26N4O4S. The van der Waals surface area contributed by atoms with Crippen molar-refractivity contribution in [2.75, 3.05) is 29.5 Å². The maximum absolute atomic E-state index is 12.9. The first kappa shape index (κ1) is 22.8. The molecule has 9 heteroatoms. The minimum atomic E-state index is -2.94. The summed E-state index contributed by atoms with van der Waals surface area (Å²) in [5.74, 6) is 0.196. The van der Waals surface area contributed by atoms with Crippen molar-refractivity contribution in [1.29, 1.82) is 5.41 Å². The molecule has 3 aliphatic heterocycles. The Balaban J connectivity index is 1.19. The average Bonchev–Trinajstić information content (AvgIpc) is 3.44. The Morgan fingerprint density at radius 3 is 2.22 bits per heavy atom. The molecule has 2 unspecified atom stereocenters. The Kier molecular flexibility index (Phi) is 5.35. The molecule has 1 saturated heterocycles. The van der Waals surface area contributed by atoms with Crippen LogP contribution in [-0.4, -0.2) is 44.8 Å². The maximum atomic E-state index is 12.9. The predicted molar refractivity (Wildman–Crippen MR) is 137 cm³/mol. The molecule has 3 aromatic rings. The highest BCUT2D eigenvalue weighted by atomic mass is 32.2. The van der Waals surface area contributed by atoms with E-state index in [4.69, 9.17) is 15.9 Å². The van der Waals surface area contributed by atoms with Crippen LogP contribution in [0.15, 0.2) is 60.7 Å². The molecule has 0 aliphatic carbocycles. The summed E-state index contributed by atoms with van der Waals surface area (Å²) in [6.07, 6.45) is -0.381. The van der Waals surface area contributed by atoms with E-state index in [0.29, 0.717) is 30.8 Å². The summed E-state index contributed by atoms with van der Waals surface area (Å²) in [6.45, 7) is 1.36. The molecule has 8 nitrogen and oxygen atoms in total. The van der Waals surface area contributed by atoms with Gasteiger partial charge in [-0.05, 0) is 52.1 Å². The van der Waals surface area contributed by atoms with Gasteiger partial charge in [-0.1, -0.05) is 36.4 Å². The molecule has 3 heterocycles. The molecule has 36 heavy (non-hydrogen) atoms. The third-order valence-electron chi connectivity index (χ3n) is 7.25. The predicted octanol–water partition coefficient (Wildman–Crippen LogP) is 2.66. The third-order valence-corrected chi connectivity index (χ3v) is 8.86. The van der Waals surface area contributed by atoms with E-state index >= 15 is 0 Å². The Hall–Kier alpha value is -3.69. The van der Waals surface area contributed by atoms with E-state index in [1.807, 2.05) is 36.4 Å². The maximum Gasteiger partial charge on any atom is 0.251 e.